The van der Waals surface area contributed by atoms with Crippen LogP contribution in [0.15, 0.2) is 48.7 Å². The Balaban J connectivity index is 1.41. The molecule has 0 N–H and O–H groups in total. The summed E-state index contributed by atoms with van der Waals surface area (Å²) >= 11 is 7.36. The highest BCUT2D eigenvalue weighted by Gasteiger charge is 2.32. The average Bonchev–Trinajstić information content (AvgIpc) is 3.23. The van der Waals surface area contributed by atoms with Crippen molar-refractivity contribution >= 4 is 34.7 Å². The quantitative estimate of drug-likeness (QED) is 0.470. The van der Waals surface area contributed by atoms with E-state index in [2.05, 4.69) is 4.98 Å². The minimum absolute atomic E-state index is 0.0724. The molecule has 1 aromatic carbocycles. The second kappa shape index (κ2) is 8.47. The number of nitrogens with zero attached hydrogens (tertiary/aromatic N) is 3. The lowest BCUT2D eigenvalue weighted by atomic mass is 10.2. The van der Waals surface area contributed by atoms with Gasteiger partial charge in [0.05, 0.1) is 15.5 Å². The minimum atomic E-state index is -4.51. The minimum Gasteiger partial charge on any atom is -0.352 e. The van der Waals surface area contributed by atoms with Crippen LogP contribution >= 0.6 is 22.9 Å². The molecule has 1 aliphatic heterocycles. The van der Waals surface area contributed by atoms with Gasteiger partial charge in [-0.25, -0.2) is 9.37 Å². The van der Waals surface area contributed by atoms with Crippen LogP contribution in [-0.2, 0) is 6.18 Å². The molecule has 162 valence electrons. The first-order valence-corrected chi connectivity index (χ1v) is 10.5. The molecule has 2 aromatic heterocycles. The normalized spacial score (nSPS) is 14.7. The Bertz CT molecular complexity index is 1090. The predicted octanol–water partition coefficient (Wildman–Crippen LogP) is 5.58. The highest BCUT2D eigenvalue weighted by atomic mass is 35.5. The lowest BCUT2D eigenvalue weighted by molar-refractivity contribution is -0.137. The van der Waals surface area contributed by atoms with E-state index >= 15 is 0 Å². The molecule has 0 radical (unpaired) electrons. The van der Waals surface area contributed by atoms with Crippen LogP contribution in [0.2, 0.25) is 5.02 Å². The summed E-state index contributed by atoms with van der Waals surface area (Å²) in [5.41, 5.74) is -0.0667. The fourth-order valence-corrected chi connectivity index (χ4v) is 4.58. The topological polar surface area (TPSA) is 36.4 Å². The molecule has 0 unspecified atom stereocenters. The van der Waals surface area contributed by atoms with E-state index in [1.54, 1.807) is 28.0 Å². The van der Waals surface area contributed by atoms with Crippen molar-refractivity contribution in [3.63, 3.8) is 0 Å². The third kappa shape index (κ3) is 4.67. The molecule has 0 spiro atoms. The summed E-state index contributed by atoms with van der Waals surface area (Å²) in [5, 5.41) is -0.0724. The molecule has 0 atom stereocenters. The summed E-state index contributed by atoms with van der Waals surface area (Å²) in [6.07, 6.45) is -3.74. The van der Waals surface area contributed by atoms with Crippen LogP contribution in [0.5, 0.6) is 0 Å². The molecule has 31 heavy (non-hydrogen) atoms. The van der Waals surface area contributed by atoms with Crippen molar-refractivity contribution in [2.24, 2.45) is 0 Å². The Hall–Kier alpha value is -2.65. The van der Waals surface area contributed by atoms with Crippen molar-refractivity contribution in [3.8, 4) is 10.4 Å². The molecule has 4 nitrogen and oxygen atoms in total. The molecular formula is C21H16ClF4N3OS. The zero-order valence-corrected chi connectivity index (χ0v) is 17.6. The largest absolute Gasteiger partial charge is 0.417 e. The number of anilines is 1. The van der Waals surface area contributed by atoms with E-state index in [9.17, 15) is 22.4 Å². The molecule has 0 bridgehead atoms. The fraction of sp³-hybridized carbons (Fsp3) is 0.238. The maximum absolute atomic E-state index is 13.1. The number of hydrogen-bond acceptors (Lipinski definition) is 4. The smallest absolute Gasteiger partial charge is 0.352 e. The number of aromatic nitrogens is 1. The molecular weight excluding hydrogens is 454 g/mol. The third-order valence-electron chi connectivity index (χ3n) is 4.96. The van der Waals surface area contributed by atoms with Gasteiger partial charge in [-0.15, -0.1) is 11.3 Å². The fourth-order valence-electron chi connectivity index (χ4n) is 3.32. The molecule has 4 rings (SSSR count). The molecule has 1 fully saturated rings. The summed E-state index contributed by atoms with van der Waals surface area (Å²) in [6.45, 7) is 1.59. The van der Waals surface area contributed by atoms with E-state index < -0.39 is 11.7 Å². The SMILES string of the molecule is O=C(c1ccc(-c2ccc(F)cc2)s1)N1CCN(c2ncc(C(F)(F)F)cc2Cl)CC1. The number of rotatable bonds is 3. The Labute approximate surface area is 184 Å². The summed E-state index contributed by atoms with van der Waals surface area (Å²) in [5.74, 6) is -0.168. The number of amides is 1. The van der Waals surface area contributed by atoms with E-state index in [0.717, 1.165) is 22.7 Å². The number of thiophene rings is 1. The lowest BCUT2D eigenvalue weighted by Crippen LogP contribution is -2.49. The second-order valence-electron chi connectivity index (χ2n) is 6.98. The molecule has 3 aromatic rings. The van der Waals surface area contributed by atoms with Crippen LogP contribution in [0.1, 0.15) is 15.2 Å². The molecule has 0 aliphatic carbocycles. The van der Waals surface area contributed by atoms with Crippen molar-refractivity contribution in [2.45, 2.75) is 6.18 Å². The van der Waals surface area contributed by atoms with E-state index in [1.165, 1.54) is 23.5 Å². The van der Waals surface area contributed by atoms with Gasteiger partial charge in [-0.1, -0.05) is 23.7 Å². The van der Waals surface area contributed by atoms with Gasteiger partial charge >= 0.3 is 6.18 Å². The third-order valence-corrected chi connectivity index (χ3v) is 6.36. The molecule has 1 amide bonds. The predicted molar refractivity (Wildman–Crippen MR) is 112 cm³/mol. The van der Waals surface area contributed by atoms with Gasteiger partial charge in [0.1, 0.15) is 11.6 Å². The Morgan fingerprint density at radius 3 is 2.32 bits per heavy atom. The van der Waals surface area contributed by atoms with Gasteiger partial charge in [0.15, 0.2) is 0 Å². The van der Waals surface area contributed by atoms with Crippen molar-refractivity contribution in [3.05, 3.63) is 69.9 Å². The number of alkyl halides is 3. The highest BCUT2D eigenvalue weighted by Crippen LogP contribution is 2.34. The standard InChI is InChI=1S/C21H16ClF4N3OS/c22-16-11-14(21(24,25)26)12-27-19(16)28-7-9-29(10-8-28)20(30)18-6-5-17(31-18)13-1-3-15(23)4-2-13/h1-6,11-12H,7-10H2. The van der Waals surface area contributed by atoms with Gasteiger partial charge in [0, 0.05) is 37.3 Å². The maximum Gasteiger partial charge on any atom is 0.417 e. The van der Waals surface area contributed by atoms with E-state index in [0.29, 0.717) is 31.1 Å². The number of pyridine rings is 1. The molecule has 1 aliphatic rings. The number of carbonyl (C=O) groups is 1. The first-order chi connectivity index (χ1) is 14.7. The summed E-state index contributed by atoms with van der Waals surface area (Å²) in [4.78, 5) is 21.6. The van der Waals surface area contributed by atoms with E-state index in [1.807, 2.05) is 6.07 Å². The first kappa shape index (κ1) is 21.6. The Kier molecular flexibility index (Phi) is 5.90. The van der Waals surface area contributed by atoms with Gasteiger partial charge in [-0.2, -0.15) is 13.2 Å². The summed E-state index contributed by atoms with van der Waals surface area (Å²) < 4.78 is 51.5. The van der Waals surface area contributed by atoms with Crippen LogP contribution in [0.3, 0.4) is 0 Å². The zero-order valence-electron chi connectivity index (χ0n) is 16.0. The van der Waals surface area contributed by atoms with Crippen LogP contribution in [-0.4, -0.2) is 42.0 Å². The second-order valence-corrected chi connectivity index (χ2v) is 8.47. The molecule has 1 saturated heterocycles. The van der Waals surface area contributed by atoms with Crippen molar-refractivity contribution in [2.75, 3.05) is 31.1 Å². The summed E-state index contributed by atoms with van der Waals surface area (Å²) in [6, 6.07) is 10.5. The number of benzene rings is 1. The van der Waals surface area contributed by atoms with Gasteiger partial charge in [-0.3, -0.25) is 4.79 Å². The number of hydrogen-bond donors (Lipinski definition) is 0. The number of halogens is 5. The first-order valence-electron chi connectivity index (χ1n) is 9.35. The van der Waals surface area contributed by atoms with Crippen molar-refractivity contribution < 1.29 is 22.4 Å². The van der Waals surface area contributed by atoms with E-state index in [4.69, 9.17) is 11.6 Å². The van der Waals surface area contributed by atoms with Gasteiger partial charge in [0.2, 0.25) is 0 Å². The van der Waals surface area contributed by atoms with Gasteiger partial charge in [0.25, 0.3) is 5.91 Å². The van der Waals surface area contributed by atoms with Crippen LogP contribution < -0.4 is 4.90 Å². The Morgan fingerprint density at radius 1 is 1.03 bits per heavy atom. The van der Waals surface area contributed by atoms with Gasteiger partial charge in [-0.05, 0) is 35.9 Å². The lowest BCUT2D eigenvalue weighted by Gasteiger charge is -2.35. The van der Waals surface area contributed by atoms with E-state index in [-0.39, 0.29) is 22.6 Å². The molecule has 10 heteroatoms. The maximum atomic E-state index is 13.1. The van der Waals surface area contributed by atoms with Crippen molar-refractivity contribution in [1.29, 1.82) is 0 Å². The van der Waals surface area contributed by atoms with Gasteiger partial charge < -0.3 is 9.80 Å². The average molecular weight is 470 g/mol. The van der Waals surface area contributed by atoms with Crippen LogP contribution in [0, 0.1) is 5.82 Å². The summed E-state index contributed by atoms with van der Waals surface area (Å²) in [7, 11) is 0. The monoisotopic (exact) mass is 469 g/mol. The highest BCUT2D eigenvalue weighted by molar-refractivity contribution is 7.17. The number of carbonyl (C=O) groups excluding carboxylic acids is 1. The molecule has 0 saturated carbocycles. The molecule has 3 heterocycles. The van der Waals surface area contributed by atoms with Crippen molar-refractivity contribution in [1.82, 2.24) is 9.88 Å². The zero-order chi connectivity index (χ0) is 22.2. The van der Waals surface area contributed by atoms with Crippen LogP contribution in [0.4, 0.5) is 23.4 Å². The van der Waals surface area contributed by atoms with Crippen LogP contribution in [0.25, 0.3) is 10.4 Å². The number of piperazine rings is 1. The Morgan fingerprint density at radius 2 is 1.71 bits per heavy atom.